The van der Waals surface area contributed by atoms with Crippen molar-refractivity contribution < 1.29 is 9.59 Å². The van der Waals surface area contributed by atoms with Gasteiger partial charge in [0.15, 0.2) is 0 Å². The zero-order valence-corrected chi connectivity index (χ0v) is 13.8. The van der Waals surface area contributed by atoms with Gasteiger partial charge in [0.05, 0.1) is 11.5 Å². The highest BCUT2D eigenvalue weighted by Crippen LogP contribution is 2.54. The van der Waals surface area contributed by atoms with Crippen LogP contribution in [-0.4, -0.2) is 23.8 Å². The molecule has 0 bridgehead atoms. The lowest BCUT2D eigenvalue weighted by molar-refractivity contribution is -0.162. The molecule has 0 aromatic heterocycles. The lowest BCUT2D eigenvalue weighted by Crippen LogP contribution is -2.58. The van der Waals surface area contributed by atoms with Crippen molar-refractivity contribution in [2.45, 2.75) is 38.0 Å². The Morgan fingerprint density at radius 3 is 2.35 bits per heavy atom. The molecule has 2 fully saturated rings. The summed E-state index contributed by atoms with van der Waals surface area (Å²) in [6, 6.07) is 9.37. The third-order valence-corrected chi connectivity index (χ3v) is 5.62. The molecule has 2 amide bonds. The van der Waals surface area contributed by atoms with Crippen LogP contribution in [0.5, 0.6) is 0 Å². The summed E-state index contributed by atoms with van der Waals surface area (Å²) in [5.41, 5.74) is 0.215. The number of rotatable bonds is 1. The Balaban J connectivity index is 2.15. The number of nitrogens with zero attached hydrogens (tertiary/aromatic N) is 2. The number of amides is 2. The molecule has 1 spiro atoms. The molecule has 2 atom stereocenters. The van der Waals surface area contributed by atoms with Gasteiger partial charge in [-0.3, -0.25) is 14.5 Å². The third-order valence-electron chi connectivity index (χ3n) is 5.37. The Morgan fingerprint density at radius 2 is 1.78 bits per heavy atom. The largest absolute Gasteiger partial charge is 0.284 e. The fourth-order valence-corrected chi connectivity index (χ4v) is 4.38. The van der Waals surface area contributed by atoms with Crippen molar-refractivity contribution in [1.29, 1.82) is 5.26 Å². The van der Waals surface area contributed by atoms with E-state index in [9.17, 15) is 14.9 Å². The summed E-state index contributed by atoms with van der Waals surface area (Å²) in [7, 11) is 1.50. The molecule has 1 heterocycles. The molecular weight excluding hydrogens is 312 g/mol. The molecule has 1 aromatic rings. The van der Waals surface area contributed by atoms with Gasteiger partial charge in [-0.05, 0) is 30.5 Å². The SMILES string of the molecule is CN1C(=O)C(C#N)C(c2ccc(Cl)cc2)C2(CCCCC2)C1=O. The van der Waals surface area contributed by atoms with Crippen LogP contribution in [0, 0.1) is 22.7 Å². The first-order valence-electron chi connectivity index (χ1n) is 7.98. The van der Waals surface area contributed by atoms with Crippen LogP contribution in [0.3, 0.4) is 0 Å². The predicted octanol–water partition coefficient (Wildman–Crippen LogP) is 3.51. The molecule has 1 aliphatic carbocycles. The number of benzene rings is 1. The van der Waals surface area contributed by atoms with Gasteiger partial charge in [-0.2, -0.15) is 5.26 Å². The molecule has 1 aliphatic heterocycles. The number of piperidine rings is 1. The molecule has 1 aromatic carbocycles. The topological polar surface area (TPSA) is 61.2 Å². The highest BCUT2D eigenvalue weighted by atomic mass is 35.5. The Kier molecular flexibility index (Phi) is 4.16. The summed E-state index contributed by atoms with van der Waals surface area (Å²) in [5.74, 6) is -1.74. The van der Waals surface area contributed by atoms with Gasteiger partial charge in [0.1, 0.15) is 5.92 Å². The molecule has 5 heteroatoms. The molecule has 4 nitrogen and oxygen atoms in total. The van der Waals surface area contributed by atoms with E-state index in [1.165, 1.54) is 11.9 Å². The van der Waals surface area contributed by atoms with Gasteiger partial charge in [-0.1, -0.05) is 43.0 Å². The number of hydrogen-bond donors (Lipinski definition) is 0. The van der Waals surface area contributed by atoms with E-state index < -0.39 is 17.2 Å². The van der Waals surface area contributed by atoms with Gasteiger partial charge in [-0.15, -0.1) is 0 Å². The van der Waals surface area contributed by atoms with Crippen LogP contribution in [0.15, 0.2) is 24.3 Å². The molecule has 0 radical (unpaired) electrons. The van der Waals surface area contributed by atoms with Gasteiger partial charge >= 0.3 is 0 Å². The Hall–Kier alpha value is -1.86. The monoisotopic (exact) mass is 330 g/mol. The number of nitriles is 1. The maximum Gasteiger partial charge on any atom is 0.246 e. The van der Waals surface area contributed by atoms with Crippen LogP contribution in [0.2, 0.25) is 5.02 Å². The van der Waals surface area contributed by atoms with Crippen LogP contribution in [0.25, 0.3) is 0 Å². The molecular formula is C18H19ClN2O2. The molecule has 0 N–H and O–H groups in total. The maximum atomic E-state index is 13.0. The second-order valence-corrected chi connectivity index (χ2v) is 6.99. The molecule has 1 saturated heterocycles. The number of imide groups is 1. The van der Waals surface area contributed by atoms with E-state index in [-0.39, 0.29) is 11.8 Å². The lowest BCUT2D eigenvalue weighted by Gasteiger charge is -2.49. The number of carbonyl (C=O) groups excluding carboxylic acids is 2. The van der Waals surface area contributed by atoms with E-state index in [0.29, 0.717) is 5.02 Å². The van der Waals surface area contributed by atoms with Crippen molar-refractivity contribution in [3.8, 4) is 6.07 Å². The second kappa shape index (κ2) is 5.98. The average molecular weight is 331 g/mol. The van der Waals surface area contributed by atoms with Crippen molar-refractivity contribution in [1.82, 2.24) is 4.90 Å². The highest BCUT2D eigenvalue weighted by molar-refractivity contribution is 6.30. The van der Waals surface area contributed by atoms with E-state index in [1.54, 1.807) is 12.1 Å². The van der Waals surface area contributed by atoms with E-state index in [0.717, 1.165) is 37.7 Å². The summed E-state index contributed by atoms with van der Waals surface area (Å²) < 4.78 is 0. The van der Waals surface area contributed by atoms with Gasteiger partial charge in [0.2, 0.25) is 11.8 Å². The van der Waals surface area contributed by atoms with Crippen LogP contribution in [0.4, 0.5) is 0 Å². The smallest absolute Gasteiger partial charge is 0.246 e. The number of hydrogen-bond acceptors (Lipinski definition) is 3. The third kappa shape index (κ3) is 2.44. The maximum absolute atomic E-state index is 13.0. The number of carbonyl (C=O) groups is 2. The van der Waals surface area contributed by atoms with Crippen molar-refractivity contribution in [3.05, 3.63) is 34.9 Å². The summed E-state index contributed by atoms with van der Waals surface area (Å²) in [5, 5.41) is 10.2. The molecule has 120 valence electrons. The Bertz CT molecular complexity index is 671. The first-order valence-corrected chi connectivity index (χ1v) is 8.36. The zero-order chi connectivity index (χ0) is 16.6. The normalized spacial score (nSPS) is 27.1. The van der Waals surface area contributed by atoms with Gasteiger partial charge < -0.3 is 0 Å². The van der Waals surface area contributed by atoms with Crippen molar-refractivity contribution in [2.75, 3.05) is 7.05 Å². The van der Waals surface area contributed by atoms with E-state index in [1.807, 2.05) is 12.1 Å². The molecule has 2 unspecified atom stereocenters. The van der Waals surface area contributed by atoms with Crippen LogP contribution in [-0.2, 0) is 9.59 Å². The molecule has 2 aliphatic rings. The van der Waals surface area contributed by atoms with Gasteiger partial charge in [-0.25, -0.2) is 0 Å². The average Bonchev–Trinajstić information content (AvgIpc) is 2.58. The van der Waals surface area contributed by atoms with E-state index in [2.05, 4.69) is 6.07 Å². The van der Waals surface area contributed by atoms with Crippen LogP contribution < -0.4 is 0 Å². The van der Waals surface area contributed by atoms with Gasteiger partial charge in [0.25, 0.3) is 0 Å². The summed E-state index contributed by atoms with van der Waals surface area (Å²) in [4.78, 5) is 26.7. The Labute approximate surface area is 141 Å². The fourth-order valence-electron chi connectivity index (χ4n) is 4.26. The van der Waals surface area contributed by atoms with Crippen molar-refractivity contribution >= 4 is 23.4 Å². The fraction of sp³-hybridized carbons (Fsp3) is 0.500. The molecule has 1 saturated carbocycles. The zero-order valence-electron chi connectivity index (χ0n) is 13.1. The van der Waals surface area contributed by atoms with E-state index in [4.69, 9.17) is 11.6 Å². The minimum atomic E-state index is -0.822. The molecule has 3 rings (SSSR count). The van der Waals surface area contributed by atoms with Crippen LogP contribution >= 0.6 is 11.6 Å². The standard InChI is InChI=1S/C18H19ClN2O2/c1-21-16(22)14(11-20)15(12-5-7-13(19)8-6-12)18(17(21)23)9-3-2-4-10-18/h5-8,14-15H,2-4,9-10H2,1H3. The van der Waals surface area contributed by atoms with E-state index >= 15 is 0 Å². The lowest BCUT2D eigenvalue weighted by atomic mass is 9.57. The first kappa shape index (κ1) is 16.0. The highest BCUT2D eigenvalue weighted by Gasteiger charge is 2.57. The molecule has 23 heavy (non-hydrogen) atoms. The predicted molar refractivity (Wildman–Crippen MR) is 86.6 cm³/mol. The minimum Gasteiger partial charge on any atom is -0.284 e. The summed E-state index contributed by atoms with van der Waals surface area (Å²) >= 11 is 5.97. The summed E-state index contributed by atoms with van der Waals surface area (Å²) in [6.07, 6.45) is 4.47. The second-order valence-electron chi connectivity index (χ2n) is 6.56. The minimum absolute atomic E-state index is 0.131. The van der Waals surface area contributed by atoms with Gasteiger partial charge in [0, 0.05) is 18.0 Å². The summed E-state index contributed by atoms with van der Waals surface area (Å²) in [6.45, 7) is 0. The first-order chi connectivity index (χ1) is 11.0. The number of halogens is 1. The quantitative estimate of drug-likeness (QED) is 0.740. The van der Waals surface area contributed by atoms with Crippen molar-refractivity contribution in [3.63, 3.8) is 0 Å². The number of likely N-dealkylation sites (tertiary alicyclic amines) is 1. The van der Waals surface area contributed by atoms with Crippen LogP contribution in [0.1, 0.15) is 43.6 Å². The van der Waals surface area contributed by atoms with Crippen molar-refractivity contribution in [2.24, 2.45) is 11.3 Å². The Morgan fingerprint density at radius 1 is 1.17 bits per heavy atom.